The number of benzene rings is 1. The van der Waals surface area contributed by atoms with Gasteiger partial charge in [0.15, 0.2) is 5.03 Å². The maximum Gasteiger partial charge on any atom is 0.340 e. The molecule has 0 spiro atoms. The molecular formula is C12H12ClN3O4S. The SMILES string of the molecule is C[C@H](NS(=O)(=O)c1[nH]ncc1C(=O)O)c1ccc(Cl)cc1. The number of H-pyrrole nitrogens is 1. The van der Waals surface area contributed by atoms with Crippen LogP contribution in [0.1, 0.15) is 28.9 Å². The summed E-state index contributed by atoms with van der Waals surface area (Å²) < 4.78 is 26.8. The highest BCUT2D eigenvalue weighted by Gasteiger charge is 2.26. The number of hydrogen-bond donors (Lipinski definition) is 3. The van der Waals surface area contributed by atoms with Crippen LogP contribution in [0.15, 0.2) is 35.5 Å². The van der Waals surface area contributed by atoms with Crippen LogP contribution in [0.25, 0.3) is 0 Å². The Bertz CT molecular complexity index is 755. The van der Waals surface area contributed by atoms with Crippen LogP contribution in [0.5, 0.6) is 0 Å². The minimum absolute atomic E-state index is 0.411. The van der Waals surface area contributed by atoms with E-state index in [0.29, 0.717) is 10.6 Å². The van der Waals surface area contributed by atoms with Gasteiger partial charge in [-0.25, -0.2) is 17.9 Å². The standard InChI is InChI=1S/C12H12ClN3O4S/c1-7(8-2-4-9(13)5-3-8)16-21(19,20)11-10(12(17)18)6-14-15-11/h2-7,16H,1H3,(H,14,15)(H,17,18)/t7-/m0/s1. The highest BCUT2D eigenvalue weighted by molar-refractivity contribution is 7.89. The first-order valence-electron chi connectivity index (χ1n) is 5.85. The molecule has 1 heterocycles. The Balaban J connectivity index is 2.27. The number of carboxylic acid groups (broad SMARTS) is 1. The molecule has 0 amide bonds. The van der Waals surface area contributed by atoms with Gasteiger partial charge in [-0.15, -0.1) is 0 Å². The first-order valence-corrected chi connectivity index (χ1v) is 7.72. The molecule has 7 nitrogen and oxygen atoms in total. The molecule has 2 rings (SSSR count). The molecular weight excluding hydrogens is 318 g/mol. The van der Waals surface area contributed by atoms with Crippen LogP contribution in [-0.4, -0.2) is 29.7 Å². The zero-order chi connectivity index (χ0) is 15.6. The summed E-state index contributed by atoms with van der Waals surface area (Å²) in [4.78, 5) is 11.0. The number of nitrogens with one attached hydrogen (secondary N) is 2. The summed E-state index contributed by atoms with van der Waals surface area (Å²) in [7, 11) is -4.03. The Hall–Kier alpha value is -1.90. The van der Waals surface area contributed by atoms with E-state index >= 15 is 0 Å². The highest BCUT2D eigenvalue weighted by Crippen LogP contribution is 2.19. The van der Waals surface area contributed by atoms with Crippen molar-refractivity contribution >= 4 is 27.6 Å². The van der Waals surface area contributed by atoms with Crippen molar-refractivity contribution in [1.82, 2.24) is 14.9 Å². The molecule has 2 aromatic rings. The molecule has 1 aromatic carbocycles. The quantitative estimate of drug-likeness (QED) is 0.774. The van der Waals surface area contributed by atoms with Crippen molar-refractivity contribution in [3.05, 3.63) is 46.6 Å². The highest BCUT2D eigenvalue weighted by atomic mass is 35.5. The third-order valence-electron chi connectivity index (χ3n) is 2.81. The van der Waals surface area contributed by atoms with E-state index in [2.05, 4.69) is 14.9 Å². The van der Waals surface area contributed by atoms with E-state index in [4.69, 9.17) is 16.7 Å². The monoisotopic (exact) mass is 329 g/mol. The molecule has 0 bridgehead atoms. The lowest BCUT2D eigenvalue weighted by molar-refractivity contribution is 0.0692. The van der Waals surface area contributed by atoms with Gasteiger partial charge in [0.1, 0.15) is 5.56 Å². The Morgan fingerprint density at radius 1 is 1.38 bits per heavy atom. The summed E-state index contributed by atoms with van der Waals surface area (Å²) in [5.74, 6) is -1.37. The summed E-state index contributed by atoms with van der Waals surface area (Å²) in [6, 6.07) is 6.08. The normalized spacial score (nSPS) is 13.0. The Labute approximate surface area is 126 Å². The molecule has 0 unspecified atom stereocenters. The molecule has 0 radical (unpaired) electrons. The van der Waals surface area contributed by atoms with Crippen molar-refractivity contribution in [2.45, 2.75) is 18.0 Å². The van der Waals surface area contributed by atoms with Gasteiger partial charge in [-0.05, 0) is 24.6 Å². The van der Waals surface area contributed by atoms with Gasteiger partial charge in [-0.1, -0.05) is 23.7 Å². The number of rotatable bonds is 5. The number of carboxylic acids is 1. The van der Waals surface area contributed by atoms with Crippen LogP contribution < -0.4 is 4.72 Å². The number of halogens is 1. The predicted molar refractivity (Wildman–Crippen MR) is 75.7 cm³/mol. The fourth-order valence-electron chi connectivity index (χ4n) is 1.74. The maximum absolute atomic E-state index is 12.2. The van der Waals surface area contributed by atoms with E-state index in [-0.39, 0.29) is 0 Å². The fourth-order valence-corrected chi connectivity index (χ4v) is 3.19. The van der Waals surface area contributed by atoms with E-state index in [1.165, 1.54) is 0 Å². The summed E-state index contributed by atoms with van der Waals surface area (Å²) in [6.45, 7) is 1.64. The van der Waals surface area contributed by atoms with Crippen molar-refractivity contribution in [1.29, 1.82) is 0 Å². The summed E-state index contributed by atoms with van der Waals surface area (Å²) in [5.41, 5.74) is 0.283. The van der Waals surface area contributed by atoms with Gasteiger partial charge in [-0.3, -0.25) is 5.10 Å². The molecule has 1 atom stereocenters. The largest absolute Gasteiger partial charge is 0.478 e. The minimum atomic E-state index is -4.03. The molecule has 9 heteroatoms. The Kier molecular flexibility index (Phi) is 4.31. The van der Waals surface area contributed by atoms with Crippen LogP contribution in [0.2, 0.25) is 5.02 Å². The van der Waals surface area contributed by atoms with Crippen LogP contribution in [0.4, 0.5) is 0 Å². The molecule has 21 heavy (non-hydrogen) atoms. The van der Waals surface area contributed by atoms with Gasteiger partial charge in [0.25, 0.3) is 10.0 Å². The number of hydrogen-bond acceptors (Lipinski definition) is 4. The van der Waals surface area contributed by atoms with Crippen molar-refractivity contribution in [2.75, 3.05) is 0 Å². The van der Waals surface area contributed by atoms with E-state index in [0.717, 1.165) is 6.20 Å². The molecule has 3 N–H and O–H groups in total. The Morgan fingerprint density at radius 3 is 2.57 bits per heavy atom. The lowest BCUT2D eigenvalue weighted by Gasteiger charge is -2.14. The van der Waals surface area contributed by atoms with Crippen LogP contribution >= 0.6 is 11.6 Å². The topological polar surface area (TPSA) is 112 Å². The lowest BCUT2D eigenvalue weighted by atomic mass is 10.1. The third-order valence-corrected chi connectivity index (χ3v) is 4.57. The average Bonchev–Trinajstić information content (AvgIpc) is 2.89. The maximum atomic E-state index is 12.2. The van der Waals surface area contributed by atoms with Crippen LogP contribution in [0, 0.1) is 0 Å². The fraction of sp³-hybridized carbons (Fsp3) is 0.167. The molecule has 0 aliphatic carbocycles. The first kappa shape index (κ1) is 15.5. The van der Waals surface area contributed by atoms with E-state index < -0.39 is 32.6 Å². The number of aromatic amines is 1. The van der Waals surface area contributed by atoms with Gasteiger partial charge >= 0.3 is 5.97 Å². The summed E-state index contributed by atoms with van der Waals surface area (Å²) in [6.07, 6.45) is 0.948. The van der Waals surface area contributed by atoms with Crippen LogP contribution in [-0.2, 0) is 10.0 Å². The summed E-state index contributed by atoms with van der Waals surface area (Å²) >= 11 is 5.77. The average molecular weight is 330 g/mol. The van der Waals surface area contributed by atoms with Crippen molar-refractivity contribution < 1.29 is 18.3 Å². The first-order chi connectivity index (χ1) is 9.81. The van der Waals surface area contributed by atoms with Crippen molar-refractivity contribution in [3.8, 4) is 0 Å². The molecule has 112 valence electrons. The van der Waals surface area contributed by atoms with Crippen molar-refractivity contribution in [2.24, 2.45) is 0 Å². The number of aromatic nitrogens is 2. The number of carbonyl (C=O) groups is 1. The van der Waals surface area contributed by atoms with E-state index in [1.807, 2.05) is 0 Å². The van der Waals surface area contributed by atoms with Gasteiger partial charge in [0.05, 0.1) is 6.20 Å². The minimum Gasteiger partial charge on any atom is -0.478 e. The van der Waals surface area contributed by atoms with E-state index in [9.17, 15) is 13.2 Å². The molecule has 0 aliphatic heterocycles. The van der Waals surface area contributed by atoms with Crippen molar-refractivity contribution in [3.63, 3.8) is 0 Å². The van der Waals surface area contributed by atoms with Gasteiger partial charge in [0, 0.05) is 11.1 Å². The molecule has 0 saturated carbocycles. The second kappa shape index (κ2) is 5.84. The van der Waals surface area contributed by atoms with Gasteiger partial charge in [-0.2, -0.15) is 5.10 Å². The number of aromatic carboxylic acids is 1. The summed E-state index contributed by atoms with van der Waals surface area (Å²) in [5, 5.41) is 14.6. The second-order valence-electron chi connectivity index (χ2n) is 4.31. The molecule has 0 fully saturated rings. The number of sulfonamides is 1. The Morgan fingerprint density at radius 2 is 2.00 bits per heavy atom. The number of nitrogens with zero attached hydrogens (tertiary/aromatic N) is 1. The van der Waals surface area contributed by atoms with Gasteiger partial charge < -0.3 is 5.11 Å². The van der Waals surface area contributed by atoms with E-state index in [1.54, 1.807) is 31.2 Å². The third kappa shape index (κ3) is 3.41. The van der Waals surface area contributed by atoms with Crippen LogP contribution in [0.3, 0.4) is 0 Å². The predicted octanol–water partition coefficient (Wildman–Crippen LogP) is 1.80. The molecule has 1 aromatic heterocycles. The zero-order valence-electron chi connectivity index (χ0n) is 10.9. The molecule has 0 aliphatic rings. The van der Waals surface area contributed by atoms with Gasteiger partial charge in [0.2, 0.25) is 0 Å². The smallest absolute Gasteiger partial charge is 0.340 e. The zero-order valence-corrected chi connectivity index (χ0v) is 12.4. The lowest BCUT2D eigenvalue weighted by Crippen LogP contribution is -2.28. The molecule has 0 saturated heterocycles. The second-order valence-corrected chi connectivity index (χ2v) is 6.40.